The molecule has 28 heavy (non-hydrogen) atoms. The molecule has 0 aliphatic heterocycles. The minimum Gasteiger partial charge on any atom is -0.387 e. The molecule has 0 atom stereocenters. The summed E-state index contributed by atoms with van der Waals surface area (Å²) in [6.45, 7) is -0.914. The Morgan fingerprint density at radius 1 is 0.964 bits per heavy atom. The molecule has 0 bridgehead atoms. The molecule has 0 spiro atoms. The van der Waals surface area contributed by atoms with Crippen LogP contribution in [0.2, 0.25) is 0 Å². The number of carbonyl (C=O) groups is 3. The van der Waals surface area contributed by atoms with E-state index >= 15 is 0 Å². The number of nitro benzene ring substituents is 1. The van der Waals surface area contributed by atoms with E-state index in [1.807, 2.05) is 0 Å². The lowest BCUT2D eigenvalue weighted by atomic mass is 10.1. The summed E-state index contributed by atoms with van der Waals surface area (Å²) in [5, 5.41) is 26.8. The number of aliphatic hydroxyl groups excluding tert-OH is 1. The van der Waals surface area contributed by atoms with Crippen LogP contribution in [0.25, 0.3) is 0 Å². The van der Waals surface area contributed by atoms with Gasteiger partial charge in [-0.15, -0.1) is 0 Å². The van der Waals surface area contributed by atoms with Crippen LogP contribution in [0.4, 0.5) is 11.4 Å². The molecule has 3 amide bonds. The highest BCUT2D eigenvalue weighted by Crippen LogP contribution is 2.15. The Balaban J connectivity index is 1.91. The van der Waals surface area contributed by atoms with Crippen LogP contribution in [0.15, 0.2) is 48.5 Å². The number of anilines is 1. The summed E-state index contributed by atoms with van der Waals surface area (Å²) in [6, 6.07) is 11.8. The first kappa shape index (κ1) is 20.5. The van der Waals surface area contributed by atoms with Gasteiger partial charge in [0.2, 0.25) is 11.8 Å². The normalized spacial score (nSPS) is 10.0. The molecule has 0 saturated heterocycles. The summed E-state index contributed by atoms with van der Waals surface area (Å²) in [6.07, 6.45) is 0. The molecule has 146 valence electrons. The molecule has 2 rings (SSSR count). The van der Waals surface area contributed by atoms with Gasteiger partial charge >= 0.3 is 0 Å². The second kappa shape index (κ2) is 9.78. The fourth-order valence-electron chi connectivity index (χ4n) is 2.27. The van der Waals surface area contributed by atoms with E-state index in [0.717, 1.165) is 0 Å². The lowest BCUT2D eigenvalue weighted by Crippen LogP contribution is -2.34. The molecule has 0 aromatic heterocycles. The van der Waals surface area contributed by atoms with Crippen LogP contribution in [0, 0.1) is 10.1 Å². The monoisotopic (exact) mass is 386 g/mol. The van der Waals surface area contributed by atoms with Crippen LogP contribution in [-0.4, -0.2) is 40.9 Å². The van der Waals surface area contributed by atoms with Gasteiger partial charge in [0.25, 0.3) is 11.6 Å². The van der Waals surface area contributed by atoms with Crippen molar-refractivity contribution in [3.8, 4) is 0 Å². The van der Waals surface area contributed by atoms with Gasteiger partial charge in [0.05, 0.1) is 11.5 Å². The summed E-state index contributed by atoms with van der Waals surface area (Å²) < 4.78 is 0. The SMILES string of the molecule is O=C(CO)NCc1ccccc1C(=O)NCC(=O)Nc1ccc([N+](=O)[O-])cc1. The quantitative estimate of drug-likeness (QED) is 0.385. The van der Waals surface area contributed by atoms with Gasteiger partial charge in [0, 0.05) is 29.9 Å². The van der Waals surface area contributed by atoms with Crippen molar-refractivity contribution in [2.75, 3.05) is 18.5 Å². The number of nitrogens with zero attached hydrogens (tertiary/aromatic N) is 1. The lowest BCUT2D eigenvalue weighted by Gasteiger charge is -2.11. The third-order valence-corrected chi connectivity index (χ3v) is 3.65. The third kappa shape index (κ3) is 5.88. The zero-order chi connectivity index (χ0) is 20.5. The highest BCUT2D eigenvalue weighted by molar-refractivity contribution is 6.00. The molecular weight excluding hydrogens is 368 g/mol. The summed E-state index contributed by atoms with van der Waals surface area (Å²) in [7, 11) is 0. The predicted molar refractivity (Wildman–Crippen MR) is 99.4 cm³/mol. The topological polar surface area (TPSA) is 151 Å². The Morgan fingerprint density at radius 3 is 2.29 bits per heavy atom. The van der Waals surface area contributed by atoms with E-state index in [9.17, 15) is 24.5 Å². The molecular formula is C18H18N4O6. The van der Waals surface area contributed by atoms with Crippen LogP contribution < -0.4 is 16.0 Å². The number of nitro groups is 1. The fraction of sp³-hybridized carbons (Fsp3) is 0.167. The minimum atomic E-state index is -0.656. The average Bonchev–Trinajstić information content (AvgIpc) is 2.70. The number of non-ortho nitro benzene ring substituents is 1. The molecule has 2 aromatic carbocycles. The number of carbonyl (C=O) groups excluding carboxylic acids is 3. The van der Waals surface area contributed by atoms with Gasteiger partial charge in [0.1, 0.15) is 6.61 Å². The second-order valence-corrected chi connectivity index (χ2v) is 5.63. The number of hydrogen-bond acceptors (Lipinski definition) is 6. The van der Waals surface area contributed by atoms with Crippen molar-refractivity contribution in [3.63, 3.8) is 0 Å². The molecule has 2 aromatic rings. The van der Waals surface area contributed by atoms with Gasteiger partial charge in [-0.2, -0.15) is 0 Å². The first-order valence-electron chi connectivity index (χ1n) is 8.18. The molecule has 0 unspecified atom stereocenters. The van der Waals surface area contributed by atoms with E-state index in [1.54, 1.807) is 24.3 Å². The van der Waals surface area contributed by atoms with E-state index in [-0.39, 0.29) is 24.3 Å². The molecule has 0 aliphatic carbocycles. The predicted octanol–water partition coefficient (Wildman–Crippen LogP) is 0.572. The molecule has 10 heteroatoms. The summed E-state index contributed by atoms with van der Waals surface area (Å²) in [4.78, 5) is 45.5. The van der Waals surface area contributed by atoms with E-state index in [4.69, 9.17) is 5.11 Å². The first-order chi connectivity index (χ1) is 13.4. The first-order valence-corrected chi connectivity index (χ1v) is 8.18. The average molecular weight is 386 g/mol. The number of benzene rings is 2. The number of nitrogens with one attached hydrogen (secondary N) is 3. The van der Waals surface area contributed by atoms with Crippen LogP contribution in [0.1, 0.15) is 15.9 Å². The lowest BCUT2D eigenvalue weighted by molar-refractivity contribution is -0.384. The van der Waals surface area contributed by atoms with Crippen molar-refractivity contribution < 1.29 is 24.4 Å². The smallest absolute Gasteiger partial charge is 0.269 e. The zero-order valence-electron chi connectivity index (χ0n) is 14.7. The highest BCUT2D eigenvalue weighted by Gasteiger charge is 2.13. The molecule has 0 heterocycles. The number of amides is 3. The largest absolute Gasteiger partial charge is 0.387 e. The van der Waals surface area contributed by atoms with E-state index in [1.165, 1.54) is 24.3 Å². The van der Waals surface area contributed by atoms with E-state index in [0.29, 0.717) is 11.3 Å². The van der Waals surface area contributed by atoms with E-state index < -0.39 is 29.3 Å². The number of rotatable bonds is 8. The van der Waals surface area contributed by atoms with Gasteiger partial charge in [-0.1, -0.05) is 18.2 Å². The van der Waals surface area contributed by atoms with Crippen molar-refractivity contribution in [2.45, 2.75) is 6.54 Å². The summed E-state index contributed by atoms with van der Waals surface area (Å²) in [5.74, 6) is -1.58. The van der Waals surface area contributed by atoms with Crippen LogP contribution in [-0.2, 0) is 16.1 Å². The Morgan fingerprint density at radius 2 is 1.64 bits per heavy atom. The van der Waals surface area contributed by atoms with Gasteiger partial charge in [-0.25, -0.2) is 0 Å². The molecule has 4 N–H and O–H groups in total. The molecule has 10 nitrogen and oxygen atoms in total. The maximum absolute atomic E-state index is 12.3. The number of aliphatic hydroxyl groups is 1. The Bertz CT molecular complexity index is 882. The molecule has 0 aliphatic rings. The Labute approximate surface area is 159 Å². The third-order valence-electron chi connectivity index (χ3n) is 3.65. The van der Waals surface area contributed by atoms with Crippen molar-refractivity contribution in [3.05, 3.63) is 69.8 Å². The van der Waals surface area contributed by atoms with Crippen LogP contribution in [0.3, 0.4) is 0 Å². The van der Waals surface area contributed by atoms with Crippen LogP contribution in [0.5, 0.6) is 0 Å². The minimum absolute atomic E-state index is 0.0535. The van der Waals surface area contributed by atoms with Gasteiger partial charge in [-0.3, -0.25) is 24.5 Å². The molecule has 0 fully saturated rings. The van der Waals surface area contributed by atoms with Crippen molar-refractivity contribution in [1.29, 1.82) is 0 Å². The molecule has 0 radical (unpaired) electrons. The molecule has 0 saturated carbocycles. The van der Waals surface area contributed by atoms with Gasteiger partial charge < -0.3 is 21.1 Å². The maximum Gasteiger partial charge on any atom is 0.269 e. The zero-order valence-corrected chi connectivity index (χ0v) is 14.7. The maximum atomic E-state index is 12.3. The summed E-state index contributed by atoms with van der Waals surface area (Å²) >= 11 is 0. The fourth-order valence-corrected chi connectivity index (χ4v) is 2.27. The standard InChI is InChI=1S/C18H18N4O6/c23-11-17(25)19-9-12-3-1-2-4-15(12)18(26)20-10-16(24)21-13-5-7-14(8-6-13)22(27)28/h1-8,23H,9-11H2,(H,19,25)(H,20,26)(H,21,24). The van der Waals surface area contributed by atoms with Gasteiger partial charge in [0.15, 0.2) is 0 Å². The van der Waals surface area contributed by atoms with E-state index in [2.05, 4.69) is 16.0 Å². The summed E-state index contributed by atoms with van der Waals surface area (Å²) in [5.41, 5.74) is 1.06. The second-order valence-electron chi connectivity index (χ2n) is 5.63. The van der Waals surface area contributed by atoms with Crippen molar-refractivity contribution in [2.24, 2.45) is 0 Å². The number of hydrogen-bond donors (Lipinski definition) is 4. The van der Waals surface area contributed by atoms with Gasteiger partial charge in [-0.05, 0) is 23.8 Å². The Hall–Kier alpha value is -3.79. The highest BCUT2D eigenvalue weighted by atomic mass is 16.6. The van der Waals surface area contributed by atoms with Crippen molar-refractivity contribution in [1.82, 2.24) is 10.6 Å². The van der Waals surface area contributed by atoms with Crippen molar-refractivity contribution >= 4 is 29.1 Å². The Kier molecular flexibility index (Phi) is 7.17. The van der Waals surface area contributed by atoms with Crippen LogP contribution >= 0.6 is 0 Å².